The summed E-state index contributed by atoms with van der Waals surface area (Å²) in [6.45, 7) is 3.60. The molecule has 3 rings (SSSR count). The molecule has 0 saturated carbocycles. The molecular weight excluding hydrogens is 289 g/mol. The summed E-state index contributed by atoms with van der Waals surface area (Å²) in [5.41, 5.74) is 0.618. The number of nitrogens with zero attached hydrogens (tertiary/aromatic N) is 3. The molecule has 1 aromatic heterocycles. The zero-order valence-corrected chi connectivity index (χ0v) is 12.6. The number of aromatic nitrogens is 2. The normalized spacial score (nSPS) is 17.2. The predicted octanol–water partition coefficient (Wildman–Crippen LogP) is 3.59. The van der Waals surface area contributed by atoms with Crippen LogP contribution in [0.25, 0.3) is 0 Å². The SMILES string of the molecule is Fc1cccc(Cl)c1CN1CCC(Cn2ccnc2)CC1. The van der Waals surface area contributed by atoms with Crippen molar-refractivity contribution in [2.75, 3.05) is 13.1 Å². The van der Waals surface area contributed by atoms with Crippen LogP contribution in [0.3, 0.4) is 0 Å². The van der Waals surface area contributed by atoms with E-state index in [1.165, 1.54) is 6.07 Å². The molecule has 0 unspecified atom stereocenters. The minimum absolute atomic E-state index is 0.206. The summed E-state index contributed by atoms with van der Waals surface area (Å²) in [6.07, 6.45) is 7.95. The standard InChI is InChI=1S/C16H19ClFN3/c17-15-2-1-3-16(18)14(15)11-20-7-4-13(5-8-20)10-21-9-6-19-12-21/h1-3,6,9,12-13H,4-5,7-8,10-11H2. The molecule has 0 bridgehead atoms. The van der Waals surface area contributed by atoms with Crippen LogP contribution >= 0.6 is 11.6 Å². The van der Waals surface area contributed by atoms with Gasteiger partial charge in [0.1, 0.15) is 5.82 Å². The summed E-state index contributed by atoms with van der Waals surface area (Å²) in [5.74, 6) is 0.467. The lowest BCUT2D eigenvalue weighted by Crippen LogP contribution is -2.34. The van der Waals surface area contributed by atoms with Gasteiger partial charge in [-0.1, -0.05) is 17.7 Å². The maximum absolute atomic E-state index is 13.8. The van der Waals surface area contributed by atoms with Gasteiger partial charge in [0, 0.05) is 36.1 Å². The molecule has 1 fully saturated rings. The largest absolute Gasteiger partial charge is 0.337 e. The molecule has 112 valence electrons. The molecule has 0 aliphatic carbocycles. The van der Waals surface area contributed by atoms with Crippen LogP contribution in [0.5, 0.6) is 0 Å². The second kappa shape index (κ2) is 6.58. The number of hydrogen-bond acceptors (Lipinski definition) is 2. The number of hydrogen-bond donors (Lipinski definition) is 0. The molecule has 2 heterocycles. The van der Waals surface area contributed by atoms with E-state index in [1.807, 2.05) is 18.7 Å². The maximum Gasteiger partial charge on any atom is 0.129 e. The second-order valence-electron chi connectivity index (χ2n) is 5.68. The molecule has 0 amide bonds. The van der Waals surface area contributed by atoms with Gasteiger partial charge in [-0.05, 0) is 44.0 Å². The fraction of sp³-hybridized carbons (Fsp3) is 0.438. The van der Waals surface area contributed by atoms with Crippen molar-refractivity contribution in [2.45, 2.75) is 25.9 Å². The Morgan fingerprint density at radius 2 is 2.10 bits per heavy atom. The Balaban J connectivity index is 1.54. The molecule has 1 aliphatic rings. The van der Waals surface area contributed by atoms with Gasteiger partial charge in [0.25, 0.3) is 0 Å². The summed E-state index contributed by atoms with van der Waals surface area (Å²) in [7, 11) is 0. The van der Waals surface area contributed by atoms with E-state index in [0.717, 1.165) is 32.5 Å². The van der Waals surface area contributed by atoms with Gasteiger partial charge in [0.15, 0.2) is 0 Å². The van der Waals surface area contributed by atoms with E-state index in [2.05, 4.69) is 14.5 Å². The number of halogens is 2. The molecule has 5 heteroatoms. The van der Waals surface area contributed by atoms with Gasteiger partial charge in [0.2, 0.25) is 0 Å². The van der Waals surface area contributed by atoms with Crippen LogP contribution in [0.1, 0.15) is 18.4 Å². The number of likely N-dealkylation sites (tertiary alicyclic amines) is 1. The van der Waals surface area contributed by atoms with Crippen molar-refractivity contribution >= 4 is 11.6 Å². The van der Waals surface area contributed by atoms with E-state index >= 15 is 0 Å². The van der Waals surface area contributed by atoms with Crippen molar-refractivity contribution in [3.8, 4) is 0 Å². The van der Waals surface area contributed by atoms with Crippen molar-refractivity contribution < 1.29 is 4.39 Å². The van der Waals surface area contributed by atoms with E-state index < -0.39 is 0 Å². The number of benzene rings is 1. The first-order valence-electron chi connectivity index (χ1n) is 7.33. The predicted molar refractivity (Wildman–Crippen MR) is 81.6 cm³/mol. The molecular formula is C16H19ClFN3. The van der Waals surface area contributed by atoms with Crippen molar-refractivity contribution in [3.63, 3.8) is 0 Å². The molecule has 0 radical (unpaired) electrons. The first-order valence-corrected chi connectivity index (χ1v) is 7.71. The average molecular weight is 308 g/mol. The lowest BCUT2D eigenvalue weighted by Gasteiger charge is -2.32. The third kappa shape index (κ3) is 3.63. The Morgan fingerprint density at radius 1 is 1.29 bits per heavy atom. The molecule has 0 spiro atoms. The van der Waals surface area contributed by atoms with Crippen molar-refractivity contribution in [1.82, 2.24) is 14.5 Å². The van der Waals surface area contributed by atoms with E-state index in [0.29, 0.717) is 23.0 Å². The van der Waals surface area contributed by atoms with Crippen molar-refractivity contribution in [1.29, 1.82) is 0 Å². The fourth-order valence-corrected chi connectivity index (χ4v) is 3.15. The summed E-state index contributed by atoms with van der Waals surface area (Å²) < 4.78 is 15.9. The van der Waals surface area contributed by atoms with Crippen LogP contribution in [0.4, 0.5) is 4.39 Å². The molecule has 1 aromatic carbocycles. The van der Waals surface area contributed by atoms with Crippen LogP contribution in [0, 0.1) is 11.7 Å². The molecule has 2 aromatic rings. The highest BCUT2D eigenvalue weighted by molar-refractivity contribution is 6.31. The first-order chi connectivity index (χ1) is 10.2. The Bertz CT molecular complexity index is 557. The maximum atomic E-state index is 13.8. The average Bonchev–Trinajstić information content (AvgIpc) is 2.98. The molecule has 0 atom stereocenters. The Morgan fingerprint density at radius 3 is 2.76 bits per heavy atom. The third-order valence-corrected chi connectivity index (χ3v) is 4.53. The van der Waals surface area contributed by atoms with Crippen LogP contribution in [-0.4, -0.2) is 27.5 Å². The second-order valence-corrected chi connectivity index (χ2v) is 6.09. The Hall–Kier alpha value is -1.39. The van der Waals surface area contributed by atoms with Crippen molar-refractivity contribution in [3.05, 3.63) is 53.3 Å². The fourth-order valence-electron chi connectivity index (χ4n) is 2.93. The summed E-state index contributed by atoms with van der Waals surface area (Å²) >= 11 is 6.10. The monoisotopic (exact) mass is 307 g/mol. The Labute approximate surface area is 129 Å². The minimum Gasteiger partial charge on any atom is -0.337 e. The van der Waals surface area contributed by atoms with Crippen LogP contribution in [-0.2, 0) is 13.1 Å². The highest BCUT2D eigenvalue weighted by Gasteiger charge is 2.21. The van der Waals surface area contributed by atoms with Gasteiger partial charge in [-0.3, -0.25) is 4.90 Å². The quantitative estimate of drug-likeness (QED) is 0.861. The van der Waals surface area contributed by atoms with E-state index in [1.54, 1.807) is 12.1 Å². The lowest BCUT2D eigenvalue weighted by molar-refractivity contribution is 0.165. The molecule has 21 heavy (non-hydrogen) atoms. The van der Waals surface area contributed by atoms with Gasteiger partial charge < -0.3 is 4.57 Å². The molecule has 3 nitrogen and oxygen atoms in total. The minimum atomic E-state index is -0.206. The van der Waals surface area contributed by atoms with Crippen LogP contribution in [0.15, 0.2) is 36.9 Å². The van der Waals surface area contributed by atoms with Gasteiger partial charge in [-0.2, -0.15) is 0 Å². The smallest absolute Gasteiger partial charge is 0.129 e. The van der Waals surface area contributed by atoms with E-state index in [-0.39, 0.29) is 5.82 Å². The first kappa shape index (κ1) is 14.5. The summed E-state index contributed by atoms with van der Waals surface area (Å²) in [4.78, 5) is 6.36. The number of rotatable bonds is 4. The molecule has 1 saturated heterocycles. The highest BCUT2D eigenvalue weighted by Crippen LogP contribution is 2.24. The van der Waals surface area contributed by atoms with Gasteiger partial charge in [0.05, 0.1) is 6.33 Å². The lowest BCUT2D eigenvalue weighted by atomic mass is 9.96. The van der Waals surface area contributed by atoms with E-state index in [4.69, 9.17) is 11.6 Å². The zero-order valence-electron chi connectivity index (χ0n) is 11.9. The van der Waals surface area contributed by atoms with Crippen LogP contribution in [0.2, 0.25) is 5.02 Å². The van der Waals surface area contributed by atoms with Crippen molar-refractivity contribution in [2.24, 2.45) is 5.92 Å². The highest BCUT2D eigenvalue weighted by atomic mass is 35.5. The summed E-state index contributed by atoms with van der Waals surface area (Å²) in [5, 5.41) is 0.524. The number of piperidine rings is 1. The van der Waals surface area contributed by atoms with Gasteiger partial charge in [-0.15, -0.1) is 0 Å². The summed E-state index contributed by atoms with van der Waals surface area (Å²) in [6, 6.07) is 4.89. The third-order valence-electron chi connectivity index (χ3n) is 4.18. The number of imidazole rings is 1. The molecule has 0 N–H and O–H groups in total. The van der Waals surface area contributed by atoms with Crippen LogP contribution < -0.4 is 0 Å². The zero-order chi connectivity index (χ0) is 14.7. The van der Waals surface area contributed by atoms with Gasteiger partial charge in [-0.25, -0.2) is 9.37 Å². The molecule has 1 aliphatic heterocycles. The Kier molecular flexibility index (Phi) is 4.56. The van der Waals surface area contributed by atoms with E-state index in [9.17, 15) is 4.39 Å². The van der Waals surface area contributed by atoms with Gasteiger partial charge >= 0.3 is 0 Å². The topological polar surface area (TPSA) is 21.1 Å².